The van der Waals surface area contributed by atoms with Crippen LogP contribution in [-0.4, -0.2) is 49.7 Å². The number of rotatable bonds is 6. The van der Waals surface area contributed by atoms with Crippen LogP contribution in [0.4, 0.5) is 4.79 Å². The number of hydrogen-bond donors (Lipinski definition) is 2. The summed E-state index contributed by atoms with van der Waals surface area (Å²) in [7, 11) is 0. The number of amides is 3. The first-order chi connectivity index (χ1) is 15.2. The average Bonchev–Trinajstić information content (AvgIpc) is 3.09. The number of carbonyl (C=O) groups is 2. The van der Waals surface area contributed by atoms with Crippen molar-refractivity contribution in [3.8, 4) is 11.5 Å². The Morgan fingerprint density at radius 3 is 2.77 bits per heavy atom. The first-order valence-electron chi connectivity index (χ1n) is 11.6. The first kappa shape index (κ1) is 21.7. The van der Waals surface area contributed by atoms with Gasteiger partial charge >= 0.3 is 6.03 Å². The Balaban J connectivity index is 1.26. The summed E-state index contributed by atoms with van der Waals surface area (Å²) in [5.74, 6) is 1.29. The van der Waals surface area contributed by atoms with Crippen LogP contribution in [0.2, 0.25) is 0 Å². The quantitative estimate of drug-likeness (QED) is 0.677. The number of imide groups is 1. The molecule has 31 heavy (non-hydrogen) atoms. The molecule has 168 valence electrons. The number of carbonyl (C=O) groups excluding carboxylic acids is 2. The van der Waals surface area contributed by atoms with E-state index in [2.05, 4.69) is 27.7 Å². The van der Waals surface area contributed by atoms with Crippen LogP contribution < -0.4 is 20.1 Å². The van der Waals surface area contributed by atoms with E-state index in [0.717, 1.165) is 62.1 Å². The van der Waals surface area contributed by atoms with Crippen LogP contribution in [0.5, 0.6) is 11.5 Å². The van der Waals surface area contributed by atoms with Gasteiger partial charge in [0.25, 0.3) is 0 Å². The molecule has 3 amide bonds. The maximum absolute atomic E-state index is 12.5. The number of allylic oxidation sites excluding steroid dienone is 1. The van der Waals surface area contributed by atoms with Crippen molar-refractivity contribution in [2.75, 3.05) is 32.8 Å². The summed E-state index contributed by atoms with van der Waals surface area (Å²) in [5.41, 5.74) is 2.53. The third-order valence-electron chi connectivity index (χ3n) is 6.24. The Morgan fingerprint density at radius 1 is 1.06 bits per heavy atom. The molecule has 0 radical (unpaired) electrons. The van der Waals surface area contributed by atoms with E-state index in [-0.39, 0.29) is 18.5 Å². The average molecular weight is 428 g/mol. The molecule has 1 aliphatic carbocycles. The minimum atomic E-state index is -0.410. The van der Waals surface area contributed by atoms with Gasteiger partial charge in [-0.3, -0.25) is 15.0 Å². The minimum Gasteiger partial charge on any atom is -0.490 e. The molecule has 1 fully saturated rings. The molecule has 1 saturated heterocycles. The summed E-state index contributed by atoms with van der Waals surface area (Å²) in [4.78, 5) is 26.7. The Hall–Kier alpha value is -2.54. The van der Waals surface area contributed by atoms with Gasteiger partial charge in [-0.25, -0.2) is 4.79 Å². The minimum absolute atomic E-state index is 0.143. The van der Waals surface area contributed by atoms with Crippen molar-refractivity contribution < 1.29 is 19.1 Å². The van der Waals surface area contributed by atoms with Gasteiger partial charge in [-0.05, 0) is 69.2 Å². The number of nitrogens with one attached hydrogen (secondary N) is 2. The molecule has 0 aromatic heterocycles. The largest absolute Gasteiger partial charge is 0.490 e. The Morgan fingerprint density at radius 2 is 1.94 bits per heavy atom. The van der Waals surface area contributed by atoms with Crippen LogP contribution in [0, 0.1) is 0 Å². The standard InChI is InChI=1S/C24H33N3O4/c28-23(26-24(29)25-12-11-18-6-2-1-3-7-18)17-27-13-4-8-20(27)19-9-10-21-22(16-19)31-15-5-14-30-21/h6,9-10,16,20H,1-5,7-8,11-15,17H2,(H2,25,26,28,29)/t20-/m0/s1. The smallest absolute Gasteiger partial charge is 0.321 e. The van der Waals surface area contributed by atoms with Gasteiger partial charge in [0, 0.05) is 19.0 Å². The number of nitrogens with zero attached hydrogens (tertiary/aromatic N) is 1. The van der Waals surface area contributed by atoms with Crippen LogP contribution >= 0.6 is 0 Å². The van der Waals surface area contributed by atoms with Gasteiger partial charge in [0.2, 0.25) is 5.91 Å². The molecule has 1 aromatic rings. The molecule has 7 nitrogen and oxygen atoms in total. The van der Waals surface area contributed by atoms with E-state index in [0.29, 0.717) is 19.8 Å². The van der Waals surface area contributed by atoms with Crippen LogP contribution in [0.1, 0.15) is 63.0 Å². The van der Waals surface area contributed by atoms with Gasteiger partial charge in [-0.1, -0.05) is 17.7 Å². The predicted octanol–water partition coefficient (Wildman–Crippen LogP) is 3.70. The van der Waals surface area contributed by atoms with E-state index in [1.165, 1.54) is 18.4 Å². The zero-order valence-corrected chi connectivity index (χ0v) is 18.2. The maximum atomic E-state index is 12.5. The van der Waals surface area contributed by atoms with Gasteiger partial charge in [0.15, 0.2) is 11.5 Å². The van der Waals surface area contributed by atoms with E-state index < -0.39 is 6.03 Å². The molecule has 7 heteroatoms. The lowest BCUT2D eigenvalue weighted by Gasteiger charge is -2.24. The van der Waals surface area contributed by atoms with Crippen molar-refractivity contribution in [1.29, 1.82) is 0 Å². The van der Waals surface area contributed by atoms with E-state index in [4.69, 9.17) is 9.47 Å². The highest BCUT2D eigenvalue weighted by molar-refractivity contribution is 5.95. The molecule has 4 rings (SSSR count). The van der Waals surface area contributed by atoms with Crippen molar-refractivity contribution in [3.63, 3.8) is 0 Å². The second-order valence-electron chi connectivity index (χ2n) is 8.55. The van der Waals surface area contributed by atoms with Crippen molar-refractivity contribution in [2.45, 2.75) is 57.4 Å². The highest BCUT2D eigenvalue weighted by Gasteiger charge is 2.29. The molecule has 0 unspecified atom stereocenters. The molecule has 3 aliphatic rings. The highest BCUT2D eigenvalue weighted by Crippen LogP contribution is 2.37. The lowest BCUT2D eigenvalue weighted by Crippen LogP contribution is -2.44. The number of ether oxygens (including phenoxy) is 2. The zero-order chi connectivity index (χ0) is 21.5. The first-order valence-corrected chi connectivity index (χ1v) is 11.6. The van der Waals surface area contributed by atoms with Gasteiger partial charge in [0.05, 0.1) is 19.8 Å². The number of hydrogen-bond acceptors (Lipinski definition) is 5. The van der Waals surface area contributed by atoms with Gasteiger partial charge in [-0.2, -0.15) is 0 Å². The topological polar surface area (TPSA) is 79.9 Å². The monoisotopic (exact) mass is 427 g/mol. The summed E-state index contributed by atoms with van der Waals surface area (Å²) in [6.07, 6.45) is 10.8. The van der Waals surface area contributed by atoms with E-state index in [1.807, 2.05) is 12.1 Å². The molecule has 0 bridgehead atoms. The van der Waals surface area contributed by atoms with Crippen LogP contribution in [-0.2, 0) is 4.79 Å². The molecule has 0 saturated carbocycles. The summed E-state index contributed by atoms with van der Waals surface area (Å²) < 4.78 is 11.5. The van der Waals surface area contributed by atoms with Crippen LogP contribution in [0.15, 0.2) is 29.8 Å². The third-order valence-corrected chi connectivity index (χ3v) is 6.24. The van der Waals surface area contributed by atoms with Crippen molar-refractivity contribution in [3.05, 3.63) is 35.4 Å². The number of urea groups is 1. The summed E-state index contributed by atoms with van der Waals surface area (Å²) in [6.45, 7) is 2.93. The van der Waals surface area contributed by atoms with E-state index in [9.17, 15) is 9.59 Å². The second-order valence-corrected chi connectivity index (χ2v) is 8.55. The molecule has 0 spiro atoms. The molecule has 1 aromatic carbocycles. The van der Waals surface area contributed by atoms with Gasteiger partial charge in [0.1, 0.15) is 0 Å². The third kappa shape index (κ3) is 6.00. The van der Waals surface area contributed by atoms with Crippen LogP contribution in [0.25, 0.3) is 0 Å². The van der Waals surface area contributed by atoms with E-state index in [1.54, 1.807) is 0 Å². The summed E-state index contributed by atoms with van der Waals surface area (Å²) >= 11 is 0. The highest BCUT2D eigenvalue weighted by atomic mass is 16.5. The predicted molar refractivity (Wildman–Crippen MR) is 118 cm³/mol. The number of benzene rings is 1. The van der Waals surface area contributed by atoms with Gasteiger partial charge < -0.3 is 14.8 Å². The molecule has 1 atom stereocenters. The molecular formula is C24H33N3O4. The molecule has 2 aliphatic heterocycles. The Labute approximate surface area is 184 Å². The summed E-state index contributed by atoms with van der Waals surface area (Å²) in [6, 6.07) is 5.79. The van der Waals surface area contributed by atoms with Crippen molar-refractivity contribution in [1.82, 2.24) is 15.5 Å². The fourth-order valence-corrected chi connectivity index (χ4v) is 4.64. The zero-order valence-electron chi connectivity index (χ0n) is 18.2. The molecule has 2 heterocycles. The number of fused-ring (bicyclic) bond motifs is 1. The lowest BCUT2D eigenvalue weighted by molar-refractivity contribution is -0.121. The lowest BCUT2D eigenvalue weighted by atomic mass is 9.97. The number of likely N-dealkylation sites (tertiary alicyclic amines) is 1. The van der Waals surface area contributed by atoms with E-state index >= 15 is 0 Å². The van der Waals surface area contributed by atoms with Crippen molar-refractivity contribution in [2.24, 2.45) is 0 Å². The second kappa shape index (κ2) is 10.7. The fourth-order valence-electron chi connectivity index (χ4n) is 4.64. The maximum Gasteiger partial charge on any atom is 0.321 e. The van der Waals surface area contributed by atoms with Gasteiger partial charge in [-0.15, -0.1) is 0 Å². The molecular weight excluding hydrogens is 394 g/mol. The Kier molecular flexibility index (Phi) is 7.46. The SMILES string of the molecule is O=C(CN1CCC[C@H]1c1ccc2c(c1)OCCCO2)NC(=O)NCCC1=CCCCC1. The fraction of sp³-hybridized carbons (Fsp3) is 0.583. The summed E-state index contributed by atoms with van der Waals surface area (Å²) in [5, 5.41) is 5.29. The van der Waals surface area contributed by atoms with Crippen LogP contribution in [0.3, 0.4) is 0 Å². The normalized spacial score (nSPS) is 21.2. The molecule has 2 N–H and O–H groups in total. The van der Waals surface area contributed by atoms with Crippen molar-refractivity contribution >= 4 is 11.9 Å². The Bertz CT molecular complexity index is 823.